The maximum Gasteiger partial charge on any atom is 0.335 e. The molecule has 1 N–H and O–H groups in total. The fourth-order valence-electron chi connectivity index (χ4n) is 5.43. The molecule has 11 heteroatoms. The third-order valence-corrected chi connectivity index (χ3v) is 7.28. The average Bonchev–Trinajstić information content (AvgIpc) is 2.87. The minimum absolute atomic E-state index is 0.0483. The van der Waals surface area contributed by atoms with Crippen LogP contribution in [0.3, 0.4) is 0 Å². The average molecular weight is 479 g/mol. The predicted octanol–water partition coefficient (Wildman–Crippen LogP) is 1.94. The lowest BCUT2D eigenvalue weighted by Gasteiger charge is -2.55. The highest BCUT2D eigenvalue weighted by Gasteiger charge is 2.63. The molecule has 2 aromatic rings. The monoisotopic (exact) mass is 479 g/mol. The number of piperazine rings is 1. The van der Waals surface area contributed by atoms with Crippen molar-refractivity contribution in [2.75, 3.05) is 43.1 Å². The number of methoxy groups -OCH3 is 1. The van der Waals surface area contributed by atoms with Crippen molar-refractivity contribution in [3.8, 4) is 5.75 Å². The number of non-ortho nitro benzene ring substituents is 1. The molecular formula is C24H25N5O6. The van der Waals surface area contributed by atoms with E-state index in [1.54, 1.807) is 30.3 Å². The summed E-state index contributed by atoms with van der Waals surface area (Å²) in [7, 11) is 1.51. The summed E-state index contributed by atoms with van der Waals surface area (Å²) in [4.78, 5) is 56.8. The number of hydrogen-bond acceptors (Lipinski definition) is 8. The zero-order valence-corrected chi connectivity index (χ0v) is 19.4. The summed E-state index contributed by atoms with van der Waals surface area (Å²) >= 11 is 0. The van der Waals surface area contributed by atoms with E-state index < -0.39 is 34.2 Å². The van der Waals surface area contributed by atoms with Gasteiger partial charge in [-0.1, -0.05) is 6.92 Å². The van der Waals surface area contributed by atoms with E-state index in [4.69, 9.17) is 4.74 Å². The molecule has 35 heavy (non-hydrogen) atoms. The van der Waals surface area contributed by atoms with E-state index >= 15 is 0 Å². The van der Waals surface area contributed by atoms with Crippen molar-refractivity contribution in [3.05, 3.63) is 58.1 Å². The summed E-state index contributed by atoms with van der Waals surface area (Å²) in [5.41, 5.74) is -0.136. The smallest absolute Gasteiger partial charge is 0.335 e. The highest BCUT2D eigenvalue weighted by Crippen LogP contribution is 2.47. The lowest BCUT2D eigenvalue weighted by atomic mass is 9.67. The number of nitro groups is 1. The zero-order chi connectivity index (χ0) is 24.9. The number of anilines is 2. The normalized spacial score (nSPS) is 24.2. The zero-order valence-electron chi connectivity index (χ0n) is 19.4. The molecule has 2 fully saturated rings. The molecule has 2 aromatic carbocycles. The molecule has 4 amide bonds. The van der Waals surface area contributed by atoms with Crippen LogP contribution < -0.4 is 19.9 Å². The standard InChI is InChI=1S/C24H25N5O6/c1-3-26-10-11-27-19-9-6-17(29(33)34)12-15(19)13-24(20(27)14-26)21(30)25-23(32)28(22(24)31)16-4-7-18(35-2)8-5-16/h4-9,12,20H,3,10-11,13-14H2,1-2H3,(H,25,30,32)/t20-,24+/m1/s1. The number of nitrogens with one attached hydrogen (secondary N) is 1. The Bertz CT molecular complexity index is 1230. The third-order valence-electron chi connectivity index (χ3n) is 7.28. The van der Waals surface area contributed by atoms with Crippen molar-refractivity contribution in [2.24, 2.45) is 5.41 Å². The van der Waals surface area contributed by atoms with Crippen LogP contribution in [0.1, 0.15) is 12.5 Å². The fraction of sp³-hybridized carbons (Fsp3) is 0.375. The summed E-state index contributed by atoms with van der Waals surface area (Å²) in [5, 5.41) is 13.9. The minimum Gasteiger partial charge on any atom is -0.497 e. The molecule has 1 spiro atoms. The second-order valence-corrected chi connectivity index (χ2v) is 8.92. The van der Waals surface area contributed by atoms with E-state index in [-0.39, 0.29) is 12.1 Å². The first-order chi connectivity index (χ1) is 16.8. The van der Waals surface area contributed by atoms with Crippen molar-refractivity contribution in [2.45, 2.75) is 19.4 Å². The summed E-state index contributed by atoms with van der Waals surface area (Å²) in [6.45, 7) is 4.46. The largest absolute Gasteiger partial charge is 0.497 e. The van der Waals surface area contributed by atoms with Gasteiger partial charge in [0.25, 0.3) is 11.6 Å². The minimum atomic E-state index is -1.64. The molecule has 0 aromatic heterocycles. The van der Waals surface area contributed by atoms with Gasteiger partial charge in [-0.05, 0) is 42.4 Å². The number of barbiturate groups is 1. The molecule has 3 aliphatic rings. The number of likely N-dealkylation sites (N-methyl/N-ethyl adjacent to an activating group) is 1. The van der Waals surface area contributed by atoms with Crippen LogP contribution in [-0.2, 0) is 16.0 Å². The van der Waals surface area contributed by atoms with Crippen molar-refractivity contribution in [1.82, 2.24) is 10.2 Å². The third kappa shape index (κ3) is 3.42. The number of benzene rings is 2. The lowest BCUT2D eigenvalue weighted by molar-refractivity contribution is -0.384. The number of urea groups is 1. The molecule has 0 aliphatic carbocycles. The first kappa shape index (κ1) is 22.8. The molecule has 11 nitrogen and oxygen atoms in total. The van der Waals surface area contributed by atoms with Gasteiger partial charge in [-0.25, -0.2) is 9.69 Å². The highest BCUT2D eigenvalue weighted by atomic mass is 16.6. The van der Waals surface area contributed by atoms with Gasteiger partial charge in [0.05, 0.1) is 23.8 Å². The number of carbonyl (C=O) groups excluding carboxylic acids is 3. The molecule has 2 saturated heterocycles. The van der Waals surface area contributed by atoms with Crippen molar-refractivity contribution in [3.63, 3.8) is 0 Å². The molecule has 3 heterocycles. The Kier molecular flexibility index (Phi) is 5.43. The number of rotatable bonds is 4. The van der Waals surface area contributed by atoms with Crippen LogP contribution in [0.2, 0.25) is 0 Å². The van der Waals surface area contributed by atoms with E-state index in [0.717, 1.165) is 23.7 Å². The number of nitrogens with zero attached hydrogens (tertiary/aromatic N) is 4. The number of imide groups is 2. The van der Waals surface area contributed by atoms with Crippen LogP contribution in [0.5, 0.6) is 5.75 Å². The second-order valence-electron chi connectivity index (χ2n) is 8.92. The van der Waals surface area contributed by atoms with Crippen LogP contribution in [0.4, 0.5) is 21.9 Å². The van der Waals surface area contributed by atoms with Crippen LogP contribution >= 0.6 is 0 Å². The molecule has 0 bridgehead atoms. The summed E-state index contributed by atoms with van der Waals surface area (Å²) in [6.07, 6.45) is -0.0483. The number of ether oxygens (including phenoxy) is 1. The van der Waals surface area contributed by atoms with Crippen molar-refractivity contribution >= 4 is 34.9 Å². The van der Waals surface area contributed by atoms with E-state index in [9.17, 15) is 24.5 Å². The molecule has 0 radical (unpaired) electrons. The summed E-state index contributed by atoms with van der Waals surface area (Å²) in [6, 6.07) is 9.60. The lowest BCUT2D eigenvalue weighted by Crippen LogP contribution is -2.75. The number of hydrogen-bond donors (Lipinski definition) is 1. The molecule has 5 rings (SSSR count). The highest BCUT2D eigenvalue weighted by molar-refractivity contribution is 6.30. The molecule has 3 aliphatic heterocycles. The Hall–Kier alpha value is -3.99. The van der Waals surface area contributed by atoms with Crippen LogP contribution in [-0.4, -0.2) is 67.0 Å². The van der Waals surface area contributed by atoms with Crippen molar-refractivity contribution in [1.29, 1.82) is 0 Å². The van der Waals surface area contributed by atoms with E-state index in [1.807, 2.05) is 11.8 Å². The molecule has 0 saturated carbocycles. The maximum absolute atomic E-state index is 14.2. The molecular weight excluding hydrogens is 454 g/mol. The Labute approximate surface area is 201 Å². The fourth-order valence-corrected chi connectivity index (χ4v) is 5.43. The van der Waals surface area contributed by atoms with Gasteiger partial charge in [0, 0.05) is 43.9 Å². The first-order valence-corrected chi connectivity index (χ1v) is 11.4. The Morgan fingerprint density at radius 2 is 1.89 bits per heavy atom. The summed E-state index contributed by atoms with van der Waals surface area (Å²) in [5.74, 6) is -0.760. The van der Waals surface area contributed by atoms with Gasteiger partial charge in [0.15, 0.2) is 5.41 Å². The van der Waals surface area contributed by atoms with Crippen LogP contribution in [0.25, 0.3) is 0 Å². The topological polar surface area (TPSA) is 125 Å². The Morgan fingerprint density at radius 3 is 2.54 bits per heavy atom. The second kappa shape index (κ2) is 8.35. The van der Waals surface area contributed by atoms with E-state index in [2.05, 4.69) is 10.2 Å². The van der Waals surface area contributed by atoms with Gasteiger partial charge in [0.1, 0.15) is 5.75 Å². The molecule has 182 valence electrons. The van der Waals surface area contributed by atoms with Gasteiger partial charge in [0.2, 0.25) is 5.91 Å². The van der Waals surface area contributed by atoms with Crippen LogP contribution in [0.15, 0.2) is 42.5 Å². The number of fused-ring (bicyclic) bond motifs is 4. The van der Waals surface area contributed by atoms with Gasteiger partial charge in [-0.3, -0.25) is 29.9 Å². The number of amides is 4. The predicted molar refractivity (Wildman–Crippen MR) is 127 cm³/mol. The van der Waals surface area contributed by atoms with Crippen LogP contribution in [0, 0.1) is 15.5 Å². The van der Waals surface area contributed by atoms with E-state index in [1.165, 1.54) is 19.2 Å². The SMILES string of the molecule is CCN1CCN2c3ccc([N+](=O)[O-])cc3C[C@@]3(C(=O)NC(=O)N(c4ccc(OC)cc4)C3=O)[C@H]2C1. The van der Waals surface area contributed by atoms with Gasteiger partial charge >= 0.3 is 6.03 Å². The Balaban J connectivity index is 1.65. The van der Waals surface area contributed by atoms with Gasteiger partial charge in [-0.2, -0.15) is 0 Å². The van der Waals surface area contributed by atoms with Crippen molar-refractivity contribution < 1.29 is 24.0 Å². The van der Waals surface area contributed by atoms with Gasteiger partial charge < -0.3 is 9.64 Å². The molecule has 2 atom stereocenters. The first-order valence-electron chi connectivity index (χ1n) is 11.4. The molecule has 0 unspecified atom stereocenters. The van der Waals surface area contributed by atoms with E-state index in [0.29, 0.717) is 30.1 Å². The van der Waals surface area contributed by atoms with Gasteiger partial charge in [-0.15, -0.1) is 0 Å². The number of nitro benzene ring substituents is 1. The quantitative estimate of drug-likeness (QED) is 0.401. The summed E-state index contributed by atoms with van der Waals surface area (Å²) < 4.78 is 5.18. The maximum atomic E-state index is 14.2. The number of carbonyl (C=O) groups is 3. The Morgan fingerprint density at radius 1 is 1.14 bits per heavy atom.